The van der Waals surface area contributed by atoms with Gasteiger partial charge in [0.1, 0.15) is 0 Å². The number of ether oxygens (including phenoxy) is 1. The molecule has 0 spiro atoms. The minimum absolute atomic E-state index is 0.695. The molecule has 4 nitrogen and oxygen atoms in total. The first-order valence-electron chi connectivity index (χ1n) is 9.10. The molecule has 0 amide bonds. The van der Waals surface area contributed by atoms with Gasteiger partial charge in [0.05, 0.1) is 13.2 Å². The smallest absolute Gasteiger partial charge is 0.169 e. The number of fused-ring (bicyclic) bond motifs is 1. The maximum Gasteiger partial charge on any atom is 0.169 e. The second-order valence-corrected chi connectivity index (χ2v) is 7.55. The van der Waals surface area contributed by atoms with E-state index in [2.05, 4.69) is 22.0 Å². The molecule has 3 fully saturated rings. The number of hydrogen-bond acceptors (Lipinski definition) is 3. The van der Waals surface area contributed by atoms with E-state index in [0.29, 0.717) is 6.04 Å². The molecule has 0 aromatic heterocycles. The molecular formula is C17H31N3OS. The molecule has 2 aliphatic heterocycles. The Bertz CT molecular complexity index is 373. The van der Waals surface area contributed by atoms with E-state index in [-0.39, 0.29) is 0 Å². The van der Waals surface area contributed by atoms with Crippen molar-refractivity contribution in [1.29, 1.82) is 0 Å². The van der Waals surface area contributed by atoms with Crippen molar-refractivity contribution in [3.8, 4) is 0 Å². The van der Waals surface area contributed by atoms with Crippen LogP contribution in [0.25, 0.3) is 0 Å². The standard InChI is InChI=1S/C17H31N3OS/c1-14-6-8-20(16-5-3-2-4-15(14)16)17(22)18-7-9-19-10-12-21-13-11-19/h14-16H,2-13H2,1H3,(H,18,22). The van der Waals surface area contributed by atoms with E-state index < -0.39 is 0 Å². The van der Waals surface area contributed by atoms with Crippen LogP contribution in [-0.2, 0) is 4.74 Å². The van der Waals surface area contributed by atoms with Gasteiger partial charge in [-0.05, 0) is 43.3 Å². The largest absolute Gasteiger partial charge is 0.379 e. The zero-order valence-corrected chi connectivity index (χ0v) is 14.7. The molecule has 3 unspecified atom stereocenters. The second kappa shape index (κ2) is 7.93. The Morgan fingerprint density at radius 3 is 2.73 bits per heavy atom. The predicted molar refractivity (Wildman–Crippen MR) is 94.1 cm³/mol. The van der Waals surface area contributed by atoms with Gasteiger partial charge in [-0.2, -0.15) is 0 Å². The van der Waals surface area contributed by atoms with Crippen LogP contribution >= 0.6 is 12.2 Å². The van der Waals surface area contributed by atoms with Crippen molar-refractivity contribution in [2.24, 2.45) is 11.8 Å². The van der Waals surface area contributed by atoms with Gasteiger partial charge in [0.25, 0.3) is 0 Å². The lowest BCUT2D eigenvalue weighted by molar-refractivity contribution is 0.0385. The average Bonchev–Trinajstić information content (AvgIpc) is 2.56. The van der Waals surface area contributed by atoms with Crippen LogP contribution in [-0.4, -0.2) is 66.9 Å². The van der Waals surface area contributed by atoms with Gasteiger partial charge in [-0.25, -0.2) is 0 Å². The summed E-state index contributed by atoms with van der Waals surface area (Å²) in [4.78, 5) is 4.97. The van der Waals surface area contributed by atoms with Crippen molar-refractivity contribution in [2.45, 2.75) is 45.1 Å². The van der Waals surface area contributed by atoms with Crippen LogP contribution in [0.3, 0.4) is 0 Å². The van der Waals surface area contributed by atoms with Gasteiger partial charge < -0.3 is 15.0 Å². The first-order valence-corrected chi connectivity index (χ1v) is 9.51. The van der Waals surface area contributed by atoms with Crippen molar-refractivity contribution in [3.63, 3.8) is 0 Å². The number of piperidine rings is 1. The fraction of sp³-hybridized carbons (Fsp3) is 0.941. The van der Waals surface area contributed by atoms with Crippen molar-refractivity contribution in [1.82, 2.24) is 15.1 Å². The van der Waals surface area contributed by atoms with E-state index in [4.69, 9.17) is 17.0 Å². The predicted octanol–water partition coefficient (Wildman–Crippen LogP) is 2.09. The first kappa shape index (κ1) is 16.5. The van der Waals surface area contributed by atoms with Crippen molar-refractivity contribution < 1.29 is 4.74 Å². The second-order valence-electron chi connectivity index (χ2n) is 7.16. The Morgan fingerprint density at radius 2 is 1.91 bits per heavy atom. The summed E-state index contributed by atoms with van der Waals surface area (Å²) >= 11 is 5.72. The summed E-state index contributed by atoms with van der Waals surface area (Å²) in [6.07, 6.45) is 6.82. The normalized spacial score (nSPS) is 33.3. The van der Waals surface area contributed by atoms with Gasteiger partial charge in [-0.3, -0.25) is 4.90 Å². The molecule has 0 aromatic rings. The number of thiocarbonyl (C=S) groups is 1. The lowest BCUT2D eigenvalue weighted by Gasteiger charge is -2.48. The van der Waals surface area contributed by atoms with Crippen LogP contribution in [0.4, 0.5) is 0 Å². The number of likely N-dealkylation sites (tertiary alicyclic amines) is 1. The van der Waals surface area contributed by atoms with Crippen molar-refractivity contribution in [3.05, 3.63) is 0 Å². The van der Waals surface area contributed by atoms with Crippen molar-refractivity contribution in [2.75, 3.05) is 45.9 Å². The van der Waals surface area contributed by atoms with Crippen LogP contribution in [0.15, 0.2) is 0 Å². The molecule has 3 rings (SSSR count). The Labute approximate surface area is 140 Å². The van der Waals surface area contributed by atoms with Gasteiger partial charge in [-0.15, -0.1) is 0 Å². The highest BCUT2D eigenvalue weighted by atomic mass is 32.1. The van der Waals surface area contributed by atoms with Crippen LogP contribution in [0.5, 0.6) is 0 Å². The highest BCUT2D eigenvalue weighted by Gasteiger charge is 2.38. The third kappa shape index (κ3) is 3.92. The van der Waals surface area contributed by atoms with E-state index in [1.165, 1.54) is 32.1 Å². The van der Waals surface area contributed by atoms with Crippen LogP contribution < -0.4 is 5.32 Å². The molecule has 3 atom stereocenters. The first-order chi connectivity index (χ1) is 10.8. The van der Waals surface area contributed by atoms with E-state index in [0.717, 1.165) is 62.9 Å². The molecule has 1 saturated carbocycles. The SMILES string of the molecule is CC1CCN(C(=S)NCCN2CCOCC2)C2CCCCC12. The van der Waals surface area contributed by atoms with E-state index in [1.54, 1.807) is 0 Å². The van der Waals surface area contributed by atoms with Gasteiger partial charge >= 0.3 is 0 Å². The van der Waals surface area contributed by atoms with Gasteiger partial charge in [-0.1, -0.05) is 19.8 Å². The molecule has 3 aliphatic rings. The minimum atomic E-state index is 0.695. The Hall–Kier alpha value is -0.390. The molecule has 22 heavy (non-hydrogen) atoms. The average molecular weight is 326 g/mol. The molecule has 126 valence electrons. The summed E-state index contributed by atoms with van der Waals surface area (Å²) in [6.45, 7) is 9.47. The van der Waals surface area contributed by atoms with E-state index in [1.807, 2.05) is 0 Å². The van der Waals surface area contributed by atoms with Crippen molar-refractivity contribution >= 4 is 17.3 Å². The molecule has 0 radical (unpaired) electrons. The topological polar surface area (TPSA) is 27.7 Å². The van der Waals surface area contributed by atoms with Crippen LogP contribution in [0.2, 0.25) is 0 Å². The number of rotatable bonds is 3. The van der Waals surface area contributed by atoms with E-state index >= 15 is 0 Å². The summed E-state index contributed by atoms with van der Waals surface area (Å²) in [6, 6.07) is 0.695. The summed E-state index contributed by atoms with van der Waals surface area (Å²) in [5, 5.41) is 4.52. The number of hydrogen-bond donors (Lipinski definition) is 1. The third-order valence-corrected chi connectivity index (χ3v) is 6.19. The van der Waals surface area contributed by atoms with Gasteiger partial charge in [0, 0.05) is 38.8 Å². The molecule has 0 aromatic carbocycles. The lowest BCUT2D eigenvalue weighted by Crippen LogP contribution is -2.55. The van der Waals surface area contributed by atoms with Gasteiger partial charge in [0.2, 0.25) is 0 Å². The summed E-state index contributed by atoms with van der Waals surface area (Å²) < 4.78 is 5.40. The number of nitrogens with zero attached hydrogens (tertiary/aromatic N) is 2. The molecule has 1 N–H and O–H groups in total. The molecule has 1 aliphatic carbocycles. The maximum absolute atomic E-state index is 5.72. The monoisotopic (exact) mass is 325 g/mol. The quantitative estimate of drug-likeness (QED) is 0.802. The Kier molecular flexibility index (Phi) is 5.94. The molecular weight excluding hydrogens is 294 g/mol. The highest BCUT2D eigenvalue weighted by Crippen LogP contribution is 2.38. The maximum atomic E-state index is 5.72. The summed E-state index contributed by atoms with van der Waals surface area (Å²) in [7, 11) is 0. The molecule has 0 bridgehead atoms. The fourth-order valence-electron chi connectivity index (χ4n) is 4.41. The lowest BCUT2D eigenvalue weighted by atomic mass is 9.73. The van der Waals surface area contributed by atoms with Crippen LogP contribution in [0, 0.1) is 11.8 Å². The number of nitrogens with one attached hydrogen (secondary N) is 1. The zero-order chi connectivity index (χ0) is 15.4. The Morgan fingerprint density at radius 1 is 1.14 bits per heavy atom. The van der Waals surface area contributed by atoms with Gasteiger partial charge in [0.15, 0.2) is 5.11 Å². The number of morpholine rings is 1. The highest BCUT2D eigenvalue weighted by molar-refractivity contribution is 7.80. The summed E-state index contributed by atoms with van der Waals surface area (Å²) in [5.74, 6) is 1.74. The minimum Gasteiger partial charge on any atom is -0.379 e. The Balaban J connectivity index is 1.46. The molecule has 5 heteroatoms. The van der Waals surface area contributed by atoms with E-state index in [9.17, 15) is 0 Å². The van der Waals surface area contributed by atoms with Crippen LogP contribution in [0.1, 0.15) is 39.0 Å². The molecule has 2 heterocycles. The zero-order valence-electron chi connectivity index (χ0n) is 13.9. The fourth-order valence-corrected chi connectivity index (χ4v) is 4.74. The molecule has 2 saturated heterocycles. The summed E-state index contributed by atoms with van der Waals surface area (Å²) in [5.41, 5.74) is 0. The third-order valence-electron chi connectivity index (χ3n) is 5.81.